The molecular formula is C14H14F2N2O2. The summed E-state index contributed by atoms with van der Waals surface area (Å²) in [7, 11) is 1.55. The highest BCUT2D eigenvalue weighted by Gasteiger charge is 2.09. The average Bonchev–Trinajstić information content (AvgIpc) is 2.44. The number of ether oxygens (including phenoxy) is 1. The largest absolute Gasteiger partial charge is 0.385 e. The quantitative estimate of drug-likeness (QED) is 0.492. The molecule has 1 N–H and O–H groups in total. The van der Waals surface area contributed by atoms with E-state index in [1.807, 2.05) is 0 Å². The van der Waals surface area contributed by atoms with Crippen molar-refractivity contribution in [1.82, 2.24) is 5.32 Å². The van der Waals surface area contributed by atoms with Gasteiger partial charge in [-0.1, -0.05) is 6.07 Å². The van der Waals surface area contributed by atoms with Gasteiger partial charge in [0.2, 0.25) is 0 Å². The number of methoxy groups -OCH3 is 1. The van der Waals surface area contributed by atoms with Gasteiger partial charge in [-0.15, -0.1) is 0 Å². The number of rotatable bonds is 6. The lowest BCUT2D eigenvalue weighted by atomic mass is 10.1. The van der Waals surface area contributed by atoms with E-state index in [1.165, 1.54) is 12.1 Å². The van der Waals surface area contributed by atoms with Crippen LogP contribution in [0, 0.1) is 23.0 Å². The standard InChI is InChI=1S/C14H14F2N2O2/c1-20-6-2-5-18-14(19)11(9-17)7-10-3-4-12(15)13(16)8-10/h3-4,7-8H,2,5-6H2,1H3,(H,18,19)/b11-7+. The van der Waals surface area contributed by atoms with Crippen LogP contribution < -0.4 is 5.32 Å². The van der Waals surface area contributed by atoms with Gasteiger partial charge in [0.25, 0.3) is 5.91 Å². The number of halogens is 2. The number of carbonyl (C=O) groups excluding carboxylic acids is 1. The maximum Gasteiger partial charge on any atom is 0.261 e. The fraction of sp³-hybridized carbons (Fsp3) is 0.286. The third kappa shape index (κ3) is 4.78. The fourth-order valence-corrected chi connectivity index (χ4v) is 1.43. The third-order valence-corrected chi connectivity index (χ3v) is 2.43. The first-order chi connectivity index (χ1) is 9.58. The molecule has 0 aromatic heterocycles. The van der Waals surface area contributed by atoms with Gasteiger partial charge in [0.1, 0.15) is 11.6 Å². The van der Waals surface area contributed by atoms with E-state index < -0.39 is 17.5 Å². The summed E-state index contributed by atoms with van der Waals surface area (Å²) in [4.78, 5) is 11.7. The first-order valence-electron chi connectivity index (χ1n) is 5.92. The monoisotopic (exact) mass is 280 g/mol. The summed E-state index contributed by atoms with van der Waals surface area (Å²) in [6, 6.07) is 4.87. The summed E-state index contributed by atoms with van der Waals surface area (Å²) in [5.41, 5.74) is 0.0703. The predicted molar refractivity (Wildman–Crippen MR) is 69.5 cm³/mol. The van der Waals surface area contributed by atoms with Crippen LogP contribution in [0.15, 0.2) is 23.8 Å². The van der Waals surface area contributed by atoms with Crippen LogP contribution >= 0.6 is 0 Å². The summed E-state index contributed by atoms with van der Waals surface area (Å²) >= 11 is 0. The number of nitriles is 1. The van der Waals surface area contributed by atoms with Crippen LogP contribution in [-0.2, 0) is 9.53 Å². The minimum atomic E-state index is -1.03. The van der Waals surface area contributed by atoms with Crippen molar-refractivity contribution in [2.45, 2.75) is 6.42 Å². The van der Waals surface area contributed by atoms with Crippen molar-refractivity contribution < 1.29 is 18.3 Å². The molecule has 0 fully saturated rings. The van der Waals surface area contributed by atoms with Crippen molar-refractivity contribution in [3.05, 3.63) is 41.0 Å². The molecule has 4 nitrogen and oxygen atoms in total. The lowest BCUT2D eigenvalue weighted by Gasteiger charge is -2.03. The molecule has 0 saturated carbocycles. The number of hydrogen-bond acceptors (Lipinski definition) is 3. The molecule has 20 heavy (non-hydrogen) atoms. The smallest absolute Gasteiger partial charge is 0.261 e. The van der Waals surface area contributed by atoms with Crippen molar-refractivity contribution in [2.75, 3.05) is 20.3 Å². The van der Waals surface area contributed by atoms with Gasteiger partial charge in [0, 0.05) is 20.3 Å². The van der Waals surface area contributed by atoms with Crippen molar-refractivity contribution in [3.8, 4) is 6.07 Å². The van der Waals surface area contributed by atoms with Gasteiger partial charge in [-0.3, -0.25) is 4.79 Å². The lowest BCUT2D eigenvalue weighted by molar-refractivity contribution is -0.117. The molecule has 0 bridgehead atoms. The van der Waals surface area contributed by atoms with Crippen LogP contribution in [0.3, 0.4) is 0 Å². The molecule has 0 saturated heterocycles. The van der Waals surface area contributed by atoms with Crippen LogP contribution in [0.1, 0.15) is 12.0 Å². The number of benzene rings is 1. The minimum Gasteiger partial charge on any atom is -0.385 e. The molecule has 1 amide bonds. The van der Waals surface area contributed by atoms with Crippen LogP contribution in [0.4, 0.5) is 8.78 Å². The molecule has 0 radical (unpaired) electrons. The summed E-state index contributed by atoms with van der Waals surface area (Å²) < 4.78 is 30.6. The van der Waals surface area contributed by atoms with Crippen molar-refractivity contribution in [1.29, 1.82) is 5.26 Å². The zero-order chi connectivity index (χ0) is 15.0. The highest BCUT2D eigenvalue weighted by Crippen LogP contribution is 2.12. The highest BCUT2D eigenvalue weighted by atomic mass is 19.2. The molecule has 0 aliphatic heterocycles. The number of amides is 1. The molecule has 1 rings (SSSR count). The van der Waals surface area contributed by atoms with Gasteiger partial charge in [-0.2, -0.15) is 5.26 Å². The first-order valence-corrected chi connectivity index (χ1v) is 5.92. The molecule has 106 valence electrons. The van der Waals surface area contributed by atoms with Crippen molar-refractivity contribution in [3.63, 3.8) is 0 Å². The van der Waals surface area contributed by atoms with Gasteiger partial charge in [-0.25, -0.2) is 8.78 Å². The fourth-order valence-electron chi connectivity index (χ4n) is 1.43. The maximum absolute atomic E-state index is 13.0. The Morgan fingerprint density at radius 2 is 2.20 bits per heavy atom. The Morgan fingerprint density at radius 1 is 1.45 bits per heavy atom. The Hall–Kier alpha value is -2.26. The van der Waals surface area contributed by atoms with Crippen LogP contribution in [0.5, 0.6) is 0 Å². The second-order valence-corrected chi connectivity index (χ2v) is 3.95. The van der Waals surface area contributed by atoms with Gasteiger partial charge in [0.05, 0.1) is 0 Å². The highest BCUT2D eigenvalue weighted by molar-refractivity contribution is 6.01. The molecular weight excluding hydrogens is 266 g/mol. The molecule has 0 aliphatic rings. The number of hydrogen-bond donors (Lipinski definition) is 1. The second kappa shape index (κ2) is 8.02. The number of nitrogens with one attached hydrogen (secondary N) is 1. The van der Waals surface area contributed by atoms with Crippen LogP contribution in [-0.4, -0.2) is 26.2 Å². The molecule has 0 unspecified atom stereocenters. The summed E-state index contributed by atoms with van der Waals surface area (Å²) in [6.07, 6.45) is 1.82. The Morgan fingerprint density at radius 3 is 2.80 bits per heavy atom. The molecule has 0 atom stereocenters. The first kappa shape index (κ1) is 15.8. The minimum absolute atomic E-state index is 0.173. The average molecular weight is 280 g/mol. The van der Waals surface area contributed by atoms with E-state index in [0.29, 0.717) is 19.6 Å². The summed E-state index contributed by atoms with van der Waals surface area (Å²) in [5, 5.41) is 11.4. The molecule has 0 aliphatic carbocycles. The van der Waals surface area contributed by atoms with E-state index in [4.69, 9.17) is 10.00 Å². The Kier molecular flexibility index (Phi) is 6.33. The van der Waals surface area contributed by atoms with E-state index in [1.54, 1.807) is 13.2 Å². The summed E-state index contributed by atoms with van der Waals surface area (Å²) in [6.45, 7) is 0.860. The molecule has 0 spiro atoms. The Labute approximate surface area is 115 Å². The van der Waals surface area contributed by atoms with E-state index in [-0.39, 0.29) is 11.1 Å². The van der Waals surface area contributed by atoms with Crippen molar-refractivity contribution in [2.24, 2.45) is 0 Å². The maximum atomic E-state index is 13.0. The second-order valence-electron chi connectivity index (χ2n) is 3.95. The SMILES string of the molecule is COCCCNC(=O)/C(C#N)=C/c1ccc(F)c(F)c1. The van der Waals surface area contributed by atoms with Gasteiger partial charge in [-0.05, 0) is 30.2 Å². The zero-order valence-corrected chi connectivity index (χ0v) is 11.0. The van der Waals surface area contributed by atoms with Crippen LogP contribution in [0.2, 0.25) is 0 Å². The predicted octanol–water partition coefficient (Wildman–Crippen LogP) is 2.02. The van der Waals surface area contributed by atoms with E-state index in [0.717, 1.165) is 12.1 Å². The Balaban J connectivity index is 2.74. The number of nitrogens with zero attached hydrogens (tertiary/aromatic N) is 1. The summed E-state index contributed by atoms with van der Waals surface area (Å²) in [5.74, 6) is -2.57. The third-order valence-electron chi connectivity index (χ3n) is 2.43. The number of carbonyl (C=O) groups is 1. The van der Waals surface area contributed by atoms with Gasteiger partial charge in [0.15, 0.2) is 11.6 Å². The lowest BCUT2D eigenvalue weighted by Crippen LogP contribution is -2.26. The van der Waals surface area contributed by atoms with Gasteiger partial charge >= 0.3 is 0 Å². The Bertz CT molecular complexity index is 551. The topological polar surface area (TPSA) is 62.1 Å². The molecule has 1 aromatic carbocycles. The normalized spacial score (nSPS) is 11.0. The molecule has 6 heteroatoms. The molecule has 0 heterocycles. The zero-order valence-electron chi connectivity index (χ0n) is 11.0. The van der Waals surface area contributed by atoms with Crippen molar-refractivity contribution >= 4 is 12.0 Å². The van der Waals surface area contributed by atoms with E-state index in [9.17, 15) is 13.6 Å². The van der Waals surface area contributed by atoms with E-state index in [2.05, 4.69) is 5.32 Å². The van der Waals surface area contributed by atoms with Gasteiger partial charge < -0.3 is 10.1 Å². The van der Waals surface area contributed by atoms with Crippen LogP contribution in [0.25, 0.3) is 6.08 Å². The van der Waals surface area contributed by atoms with E-state index >= 15 is 0 Å². The molecule has 1 aromatic rings.